The first-order valence-corrected chi connectivity index (χ1v) is 8.95. The van der Waals surface area contributed by atoms with Gasteiger partial charge < -0.3 is 19.7 Å². The van der Waals surface area contributed by atoms with Crippen molar-refractivity contribution in [3.63, 3.8) is 0 Å². The van der Waals surface area contributed by atoms with E-state index in [0.717, 1.165) is 23.9 Å². The van der Waals surface area contributed by atoms with Crippen LogP contribution in [-0.4, -0.2) is 52.8 Å². The second-order valence-corrected chi connectivity index (χ2v) is 7.40. The quantitative estimate of drug-likeness (QED) is 0.906. The first kappa shape index (κ1) is 18.2. The number of amides is 1. The number of nitrogens with one attached hydrogen (secondary N) is 1. The van der Waals surface area contributed by atoms with Crippen LogP contribution in [0.3, 0.4) is 0 Å². The molecule has 2 heterocycles. The highest BCUT2D eigenvalue weighted by Crippen LogP contribution is 2.26. The number of rotatable bonds is 3. The fourth-order valence-corrected chi connectivity index (χ4v) is 2.87. The first-order valence-electron chi connectivity index (χ1n) is 8.95. The molecule has 7 heteroatoms. The van der Waals surface area contributed by atoms with E-state index in [2.05, 4.69) is 15.3 Å². The zero-order valence-electron chi connectivity index (χ0n) is 15.8. The summed E-state index contributed by atoms with van der Waals surface area (Å²) in [5.41, 5.74) is 1.14. The van der Waals surface area contributed by atoms with Crippen molar-refractivity contribution in [2.45, 2.75) is 45.3 Å². The number of aromatic nitrogens is 2. The lowest BCUT2D eigenvalue weighted by Crippen LogP contribution is -2.44. The number of carbonyl (C=O) groups excluding carboxylic acids is 1. The maximum atomic E-state index is 12.2. The molecule has 0 atom stereocenters. The highest BCUT2D eigenvalue weighted by atomic mass is 16.6. The largest absolute Gasteiger partial charge is 0.472 e. The average molecular weight is 358 g/mol. The van der Waals surface area contributed by atoms with E-state index in [9.17, 15) is 4.79 Å². The van der Waals surface area contributed by atoms with Crippen LogP contribution in [0.4, 0.5) is 10.6 Å². The molecule has 1 amide bonds. The molecule has 0 radical (unpaired) electrons. The van der Waals surface area contributed by atoms with Crippen LogP contribution in [0.25, 0.3) is 11.0 Å². The average Bonchev–Trinajstić information content (AvgIpc) is 2.60. The minimum atomic E-state index is -0.479. The molecule has 1 saturated heterocycles. The van der Waals surface area contributed by atoms with Crippen LogP contribution >= 0.6 is 0 Å². The normalized spacial score (nSPS) is 15.8. The van der Waals surface area contributed by atoms with Gasteiger partial charge in [-0.3, -0.25) is 0 Å². The molecule has 7 nitrogen and oxygen atoms in total. The zero-order valence-corrected chi connectivity index (χ0v) is 15.8. The number of nitrogens with zero attached hydrogens (tertiary/aromatic N) is 3. The smallest absolute Gasteiger partial charge is 0.410 e. The van der Waals surface area contributed by atoms with Gasteiger partial charge in [-0.2, -0.15) is 0 Å². The van der Waals surface area contributed by atoms with Crippen molar-refractivity contribution in [2.24, 2.45) is 0 Å². The van der Waals surface area contributed by atoms with Gasteiger partial charge in [-0.05, 0) is 32.9 Å². The zero-order chi connectivity index (χ0) is 18.7. The van der Waals surface area contributed by atoms with E-state index in [-0.39, 0.29) is 12.2 Å². The van der Waals surface area contributed by atoms with Crippen LogP contribution in [-0.2, 0) is 4.74 Å². The van der Waals surface area contributed by atoms with Crippen molar-refractivity contribution in [2.75, 3.05) is 25.5 Å². The Bertz CT molecular complexity index is 780. The number of piperidine rings is 1. The molecule has 0 unspecified atom stereocenters. The van der Waals surface area contributed by atoms with Crippen LogP contribution in [0.15, 0.2) is 24.3 Å². The highest BCUT2D eigenvalue weighted by molar-refractivity contribution is 5.77. The van der Waals surface area contributed by atoms with Gasteiger partial charge in [0.1, 0.15) is 11.7 Å². The van der Waals surface area contributed by atoms with Gasteiger partial charge in [-0.25, -0.2) is 14.8 Å². The van der Waals surface area contributed by atoms with E-state index in [1.807, 2.05) is 45.0 Å². The molecular weight excluding hydrogens is 332 g/mol. The summed E-state index contributed by atoms with van der Waals surface area (Å²) >= 11 is 0. The van der Waals surface area contributed by atoms with Crippen LogP contribution in [0, 0.1) is 0 Å². The third-order valence-corrected chi connectivity index (χ3v) is 4.15. The Balaban J connectivity index is 1.64. The fraction of sp³-hybridized carbons (Fsp3) is 0.526. The van der Waals surface area contributed by atoms with Crippen LogP contribution in [0.2, 0.25) is 0 Å². The molecule has 2 aromatic rings. The van der Waals surface area contributed by atoms with Crippen LogP contribution in [0.1, 0.15) is 33.6 Å². The lowest BCUT2D eigenvalue weighted by atomic mass is 10.1. The molecule has 1 aromatic carbocycles. The van der Waals surface area contributed by atoms with Gasteiger partial charge >= 0.3 is 6.09 Å². The van der Waals surface area contributed by atoms with Crippen molar-refractivity contribution in [3.05, 3.63) is 24.3 Å². The molecule has 0 aliphatic carbocycles. The number of carbonyl (C=O) groups is 1. The van der Waals surface area contributed by atoms with Gasteiger partial charge in [0.2, 0.25) is 0 Å². The fourth-order valence-electron chi connectivity index (χ4n) is 2.87. The molecule has 3 rings (SSSR count). The maximum absolute atomic E-state index is 12.2. The molecular formula is C19H26N4O3. The Morgan fingerprint density at radius 2 is 1.77 bits per heavy atom. The Hall–Kier alpha value is -2.57. The van der Waals surface area contributed by atoms with Gasteiger partial charge in [0, 0.05) is 33.0 Å². The molecule has 0 spiro atoms. The minimum absolute atomic E-state index is 0.00347. The van der Waals surface area contributed by atoms with Crippen molar-refractivity contribution in [3.8, 4) is 5.88 Å². The highest BCUT2D eigenvalue weighted by Gasteiger charge is 2.28. The van der Waals surface area contributed by atoms with E-state index in [0.29, 0.717) is 24.8 Å². The predicted molar refractivity (Wildman–Crippen MR) is 101 cm³/mol. The summed E-state index contributed by atoms with van der Waals surface area (Å²) in [4.78, 5) is 23.0. The minimum Gasteiger partial charge on any atom is -0.472 e. The van der Waals surface area contributed by atoms with Gasteiger partial charge in [0.25, 0.3) is 5.88 Å². The number of hydrogen-bond donors (Lipinski definition) is 1. The topological polar surface area (TPSA) is 76.6 Å². The Morgan fingerprint density at radius 3 is 2.35 bits per heavy atom. The van der Waals surface area contributed by atoms with E-state index < -0.39 is 5.60 Å². The summed E-state index contributed by atoms with van der Waals surface area (Å²) < 4.78 is 11.5. The molecule has 1 aromatic heterocycles. The van der Waals surface area contributed by atoms with Crippen molar-refractivity contribution in [1.29, 1.82) is 0 Å². The number of likely N-dealkylation sites (tertiary alicyclic amines) is 1. The summed E-state index contributed by atoms with van der Waals surface area (Å²) in [6, 6.07) is 7.70. The van der Waals surface area contributed by atoms with Crippen molar-refractivity contribution < 1.29 is 14.3 Å². The Kier molecular flexibility index (Phi) is 5.15. The summed E-state index contributed by atoms with van der Waals surface area (Å²) in [6.45, 7) is 6.83. The van der Waals surface area contributed by atoms with Gasteiger partial charge in [-0.15, -0.1) is 0 Å². The molecule has 26 heavy (non-hydrogen) atoms. The van der Waals surface area contributed by atoms with Crippen LogP contribution < -0.4 is 10.1 Å². The van der Waals surface area contributed by atoms with E-state index in [1.54, 1.807) is 11.9 Å². The summed E-state index contributed by atoms with van der Waals surface area (Å²) in [7, 11) is 1.80. The number of para-hydroxylation sites is 2. The van der Waals surface area contributed by atoms with Gasteiger partial charge in [0.05, 0.1) is 11.0 Å². The van der Waals surface area contributed by atoms with E-state index in [1.165, 1.54) is 0 Å². The summed E-state index contributed by atoms with van der Waals surface area (Å²) in [5, 5.41) is 3.05. The number of benzene rings is 1. The second-order valence-electron chi connectivity index (χ2n) is 7.40. The lowest BCUT2D eigenvalue weighted by Gasteiger charge is -2.33. The Labute approximate surface area is 153 Å². The standard InChI is InChI=1S/C19H26N4O3/c1-19(2,3)26-18(24)23-11-9-13(10-12-23)25-17-16(20-4)21-14-7-5-6-8-15(14)22-17/h5-8,13H,9-12H2,1-4H3,(H,20,21). The number of fused-ring (bicyclic) bond motifs is 1. The monoisotopic (exact) mass is 358 g/mol. The second kappa shape index (κ2) is 7.35. The summed E-state index contributed by atoms with van der Waals surface area (Å²) in [6.07, 6.45) is 1.20. The predicted octanol–water partition coefficient (Wildman–Crippen LogP) is 3.45. The molecule has 0 bridgehead atoms. The van der Waals surface area contributed by atoms with E-state index in [4.69, 9.17) is 9.47 Å². The van der Waals surface area contributed by atoms with Crippen molar-refractivity contribution >= 4 is 22.9 Å². The summed E-state index contributed by atoms with van der Waals surface area (Å²) in [5.74, 6) is 1.13. The SMILES string of the molecule is CNc1nc2ccccc2nc1OC1CCN(C(=O)OC(C)(C)C)CC1. The number of hydrogen-bond acceptors (Lipinski definition) is 6. The Morgan fingerprint density at radius 1 is 1.15 bits per heavy atom. The van der Waals surface area contributed by atoms with Gasteiger partial charge in [-0.1, -0.05) is 12.1 Å². The third kappa shape index (κ3) is 4.33. The molecule has 140 valence electrons. The first-order chi connectivity index (χ1) is 12.4. The molecule has 0 saturated carbocycles. The molecule has 1 N–H and O–H groups in total. The van der Waals surface area contributed by atoms with E-state index >= 15 is 0 Å². The third-order valence-electron chi connectivity index (χ3n) is 4.15. The van der Waals surface area contributed by atoms with Crippen LogP contribution in [0.5, 0.6) is 5.88 Å². The molecule has 1 aliphatic heterocycles. The lowest BCUT2D eigenvalue weighted by molar-refractivity contribution is 0.0123. The molecule has 1 fully saturated rings. The maximum Gasteiger partial charge on any atom is 0.410 e. The van der Waals surface area contributed by atoms with Gasteiger partial charge in [0.15, 0.2) is 5.82 Å². The number of ether oxygens (including phenoxy) is 2. The van der Waals surface area contributed by atoms with Crippen molar-refractivity contribution in [1.82, 2.24) is 14.9 Å². The number of anilines is 1. The molecule has 1 aliphatic rings.